The highest BCUT2D eigenvalue weighted by molar-refractivity contribution is 5.55. The van der Waals surface area contributed by atoms with Gasteiger partial charge in [-0.1, -0.05) is 12.1 Å². The van der Waals surface area contributed by atoms with E-state index < -0.39 is 9.85 Å². The molecule has 120 valence electrons. The van der Waals surface area contributed by atoms with Crippen molar-refractivity contribution in [3.63, 3.8) is 0 Å². The van der Waals surface area contributed by atoms with E-state index in [-0.39, 0.29) is 17.3 Å². The monoisotopic (exact) mass is 326 g/mol. The zero-order valence-electron chi connectivity index (χ0n) is 12.2. The summed E-state index contributed by atoms with van der Waals surface area (Å²) in [5.41, 5.74) is 1.35. The standard InChI is InChI=1S/C15H10N4O5/c20-18(21)12-5-1-10(2-6-12)9-14-16-17-15(24-14)11-3-7-13(8-4-11)19(22)23/h1-8H,9H2. The summed E-state index contributed by atoms with van der Waals surface area (Å²) in [7, 11) is 0. The van der Waals surface area contributed by atoms with E-state index in [0.717, 1.165) is 5.56 Å². The van der Waals surface area contributed by atoms with Crippen LogP contribution in [0.4, 0.5) is 11.4 Å². The highest BCUT2D eigenvalue weighted by Gasteiger charge is 2.12. The fraction of sp³-hybridized carbons (Fsp3) is 0.0667. The van der Waals surface area contributed by atoms with E-state index in [1.807, 2.05) is 0 Å². The summed E-state index contributed by atoms with van der Waals surface area (Å²) in [4.78, 5) is 20.3. The summed E-state index contributed by atoms with van der Waals surface area (Å²) in [6.45, 7) is 0. The first-order chi connectivity index (χ1) is 11.5. The van der Waals surface area contributed by atoms with Crippen molar-refractivity contribution in [1.82, 2.24) is 10.2 Å². The average Bonchev–Trinajstić information content (AvgIpc) is 3.04. The Kier molecular flexibility index (Phi) is 3.98. The molecule has 0 bridgehead atoms. The third kappa shape index (κ3) is 3.24. The Labute approximate surface area is 134 Å². The fourth-order valence-electron chi connectivity index (χ4n) is 2.08. The number of hydrogen-bond donors (Lipinski definition) is 0. The molecule has 0 saturated heterocycles. The van der Waals surface area contributed by atoms with Gasteiger partial charge in [-0.3, -0.25) is 20.2 Å². The number of hydrogen-bond acceptors (Lipinski definition) is 7. The first kappa shape index (κ1) is 15.3. The average molecular weight is 326 g/mol. The molecule has 2 aromatic carbocycles. The molecule has 24 heavy (non-hydrogen) atoms. The van der Waals surface area contributed by atoms with Gasteiger partial charge >= 0.3 is 0 Å². The second-order valence-electron chi connectivity index (χ2n) is 4.91. The highest BCUT2D eigenvalue weighted by Crippen LogP contribution is 2.22. The van der Waals surface area contributed by atoms with Crippen LogP contribution in [0.3, 0.4) is 0 Å². The largest absolute Gasteiger partial charge is 0.420 e. The van der Waals surface area contributed by atoms with E-state index in [4.69, 9.17) is 4.42 Å². The third-order valence-electron chi connectivity index (χ3n) is 3.29. The van der Waals surface area contributed by atoms with Crippen molar-refractivity contribution in [2.24, 2.45) is 0 Å². The molecule has 9 heteroatoms. The molecule has 1 aromatic heterocycles. The number of nitrogens with zero attached hydrogens (tertiary/aromatic N) is 4. The van der Waals surface area contributed by atoms with Crippen molar-refractivity contribution >= 4 is 11.4 Å². The summed E-state index contributed by atoms with van der Waals surface area (Å²) >= 11 is 0. The van der Waals surface area contributed by atoms with Gasteiger partial charge in [-0.25, -0.2) is 0 Å². The maximum Gasteiger partial charge on any atom is 0.269 e. The maximum atomic E-state index is 10.6. The lowest BCUT2D eigenvalue weighted by molar-refractivity contribution is -0.385. The normalized spacial score (nSPS) is 10.5. The molecule has 3 rings (SSSR count). The third-order valence-corrected chi connectivity index (χ3v) is 3.29. The topological polar surface area (TPSA) is 125 Å². The number of benzene rings is 2. The Hall–Kier alpha value is -3.62. The van der Waals surface area contributed by atoms with Crippen molar-refractivity contribution < 1.29 is 14.3 Å². The van der Waals surface area contributed by atoms with E-state index in [9.17, 15) is 20.2 Å². The van der Waals surface area contributed by atoms with Crippen LogP contribution >= 0.6 is 0 Å². The molecule has 3 aromatic rings. The second kappa shape index (κ2) is 6.24. The molecule has 0 fully saturated rings. The Morgan fingerprint density at radius 2 is 1.38 bits per heavy atom. The van der Waals surface area contributed by atoms with Crippen LogP contribution < -0.4 is 0 Å². The van der Waals surface area contributed by atoms with Gasteiger partial charge in [0.15, 0.2) is 0 Å². The van der Waals surface area contributed by atoms with Gasteiger partial charge in [0.05, 0.1) is 16.3 Å². The molecule has 0 aliphatic heterocycles. The van der Waals surface area contributed by atoms with Crippen molar-refractivity contribution in [2.75, 3.05) is 0 Å². The molecule has 0 amide bonds. The van der Waals surface area contributed by atoms with Gasteiger partial charge in [0.1, 0.15) is 0 Å². The Morgan fingerprint density at radius 1 is 0.833 bits per heavy atom. The molecular weight excluding hydrogens is 316 g/mol. The first-order valence-electron chi connectivity index (χ1n) is 6.83. The maximum absolute atomic E-state index is 10.6. The van der Waals surface area contributed by atoms with Crippen LogP contribution in [0.2, 0.25) is 0 Å². The molecule has 0 N–H and O–H groups in total. The van der Waals surface area contributed by atoms with Crippen molar-refractivity contribution in [1.29, 1.82) is 0 Å². The van der Waals surface area contributed by atoms with Gasteiger partial charge in [-0.05, 0) is 17.7 Å². The van der Waals surface area contributed by atoms with Gasteiger partial charge in [0.25, 0.3) is 11.4 Å². The van der Waals surface area contributed by atoms with E-state index >= 15 is 0 Å². The molecule has 0 unspecified atom stereocenters. The lowest BCUT2D eigenvalue weighted by Gasteiger charge is -1.97. The number of aromatic nitrogens is 2. The number of nitro benzene ring substituents is 2. The lowest BCUT2D eigenvalue weighted by Crippen LogP contribution is -1.91. The minimum Gasteiger partial charge on any atom is -0.420 e. The van der Waals surface area contributed by atoms with Crippen molar-refractivity contribution in [3.05, 3.63) is 80.2 Å². The quantitative estimate of drug-likeness (QED) is 0.520. The molecule has 1 heterocycles. The van der Waals surface area contributed by atoms with Crippen LogP contribution in [-0.2, 0) is 6.42 Å². The summed E-state index contributed by atoms with van der Waals surface area (Å²) in [6.07, 6.45) is 0.331. The fourth-order valence-corrected chi connectivity index (χ4v) is 2.08. The zero-order valence-corrected chi connectivity index (χ0v) is 12.2. The molecule has 0 spiro atoms. The molecule has 0 saturated carbocycles. The Balaban J connectivity index is 1.75. The molecular formula is C15H10N4O5. The zero-order chi connectivity index (χ0) is 17.1. The summed E-state index contributed by atoms with van der Waals surface area (Å²) in [6, 6.07) is 11.8. The molecule has 0 radical (unpaired) electrons. The van der Waals surface area contributed by atoms with Crippen LogP contribution in [0.1, 0.15) is 11.5 Å². The van der Waals surface area contributed by atoms with Crippen LogP contribution in [0, 0.1) is 20.2 Å². The van der Waals surface area contributed by atoms with Crippen LogP contribution in [0.15, 0.2) is 52.9 Å². The van der Waals surface area contributed by atoms with Crippen LogP contribution in [0.5, 0.6) is 0 Å². The van der Waals surface area contributed by atoms with Crippen molar-refractivity contribution in [3.8, 4) is 11.5 Å². The Morgan fingerprint density at radius 3 is 1.92 bits per heavy atom. The number of rotatable bonds is 5. The minimum absolute atomic E-state index is 0.0100. The van der Waals surface area contributed by atoms with Crippen LogP contribution in [0.25, 0.3) is 11.5 Å². The van der Waals surface area contributed by atoms with Crippen molar-refractivity contribution in [2.45, 2.75) is 6.42 Å². The predicted octanol–water partition coefficient (Wildman–Crippen LogP) is 3.14. The minimum atomic E-state index is -0.488. The predicted molar refractivity (Wildman–Crippen MR) is 82.3 cm³/mol. The number of nitro groups is 2. The highest BCUT2D eigenvalue weighted by atomic mass is 16.6. The summed E-state index contributed by atoms with van der Waals surface area (Å²) in [5.74, 6) is 0.596. The van der Waals surface area contributed by atoms with Crippen LogP contribution in [-0.4, -0.2) is 20.0 Å². The lowest BCUT2D eigenvalue weighted by atomic mass is 10.1. The van der Waals surface area contributed by atoms with Gasteiger partial charge in [0.2, 0.25) is 11.8 Å². The smallest absolute Gasteiger partial charge is 0.269 e. The van der Waals surface area contributed by atoms with E-state index in [2.05, 4.69) is 10.2 Å². The summed E-state index contributed by atoms with van der Waals surface area (Å²) < 4.78 is 5.53. The van der Waals surface area contributed by atoms with Gasteiger partial charge < -0.3 is 4.42 Å². The molecule has 0 atom stereocenters. The SMILES string of the molecule is O=[N+]([O-])c1ccc(Cc2nnc(-c3ccc([N+](=O)[O-])cc3)o2)cc1. The van der Waals surface area contributed by atoms with Gasteiger partial charge in [0, 0.05) is 29.8 Å². The molecule has 0 aliphatic rings. The number of non-ortho nitro benzene ring substituents is 2. The molecule has 0 aliphatic carbocycles. The summed E-state index contributed by atoms with van der Waals surface area (Å²) in [5, 5.41) is 29.1. The second-order valence-corrected chi connectivity index (χ2v) is 4.91. The van der Waals surface area contributed by atoms with E-state index in [1.165, 1.54) is 36.4 Å². The van der Waals surface area contributed by atoms with E-state index in [0.29, 0.717) is 17.9 Å². The van der Waals surface area contributed by atoms with E-state index in [1.54, 1.807) is 12.1 Å². The first-order valence-corrected chi connectivity index (χ1v) is 6.83. The Bertz CT molecular complexity index is 887. The van der Waals surface area contributed by atoms with Gasteiger partial charge in [-0.15, -0.1) is 10.2 Å². The van der Waals surface area contributed by atoms with Gasteiger partial charge in [-0.2, -0.15) is 0 Å². The molecule has 9 nitrogen and oxygen atoms in total.